The Kier molecular flexibility index (Phi) is 10.4. The van der Waals surface area contributed by atoms with Gasteiger partial charge in [-0.25, -0.2) is 0 Å². The first-order valence-electron chi connectivity index (χ1n) is 18.1. The van der Waals surface area contributed by atoms with E-state index in [9.17, 15) is 0 Å². The minimum absolute atomic E-state index is 0.959. The van der Waals surface area contributed by atoms with Crippen LogP contribution in [0.3, 0.4) is 0 Å². The lowest BCUT2D eigenvalue weighted by Gasteiger charge is -2.05. The Bertz CT molecular complexity index is 2860. The lowest BCUT2D eigenvalue weighted by molar-refractivity contribution is 1.59. The molecule has 0 atom stereocenters. The third-order valence-electron chi connectivity index (χ3n) is 9.47. The van der Waals surface area contributed by atoms with Crippen molar-refractivity contribution in [2.75, 3.05) is 0 Å². The molecule has 0 amide bonds. The topological polar surface area (TPSA) is 0 Å². The molecular formula is C52H30Br2S2. The maximum atomic E-state index is 3.65. The first kappa shape index (κ1) is 35.9. The molecule has 2 aromatic heterocycles. The van der Waals surface area contributed by atoms with E-state index >= 15 is 0 Å². The molecule has 56 heavy (non-hydrogen) atoms. The van der Waals surface area contributed by atoms with Gasteiger partial charge < -0.3 is 0 Å². The van der Waals surface area contributed by atoms with Crippen molar-refractivity contribution in [3.8, 4) is 44.6 Å². The highest BCUT2D eigenvalue weighted by Crippen LogP contribution is 2.40. The molecule has 0 saturated carbocycles. The predicted octanol–water partition coefficient (Wildman–Crippen LogP) is 15.8. The highest BCUT2D eigenvalue weighted by Gasteiger charge is 2.10. The summed E-state index contributed by atoms with van der Waals surface area (Å²) in [6.45, 7) is 0. The summed E-state index contributed by atoms with van der Waals surface area (Å²) in [5.74, 6) is 13.0. The lowest BCUT2D eigenvalue weighted by Crippen LogP contribution is -1.85. The van der Waals surface area contributed by atoms with Gasteiger partial charge in [0.05, 0.1) is 0 Å². The fraction of sp³-hybridized carbons (Fsp3) is 0. The number of fused-ring (bicyclic) bond motifs is 4. The van der Waals surface area contributed by atoms with Crippen molar-refractivity contribution >= 4 is 96.3 Å². The number of hydrogen-bond acceptors (Lipinski definition) is 2. The van der Waals surface area contributed by atoms with E-state index in [1.165, 1.54) is 51.8 Å². The summed E-state index contributed by atoms with van der Waals surface area (Å²) in [6.07, 6.45) is 0. The molecule has 0 saturated heterocycles. The average molecular weight is 879 g/mol. The minimum Gasteiger partial charge on any atom is -0.135 e. The number of thiophene rings is 2. The van der Waals surface area contributed by atoms with E-state index in [4.69, 9.17) is 0 Å². The zero-order valence-corrected chi connectivity index (χ0v) is 34.7. The molecule has 264 valence electrons. The van der Waals surface area contributed by atoms with Gasteiger partial charge in [-0.3, -0.25) is 0 Å². The van der Waals surface area contributed by atoms with Crippen LogP contribution in [0, 0.1) is 23.7 Å². The molecule has 0 bridgehead atoms. The molecule has 0 aliphatic carbocycles. The molecule has 4 heteroatoms. The summed E-state index contributed by atoms with van der Waals surface area (Å²) in [6, 6.07) is 63.8. The quantitative estimate of drug-likeness (QED) is 0.152. The molecule has 0 unspecified atom stereocenters. The maximum absolute atomic E-state index is 3.65. The highest BCUT2D eigenvalue weighted by atomic mass is 79.9. The molecule has 10 rings (SSSR count). The normalized spacial score (nSPS) is 10.8. The zero-order valence-electron chi connectivity index (χ0n) is 29.9. The molecule has 0 spiro atoms. The maximum Gasteiger partial charge on any atom is 0.0397 e. The Hall–Kier alpha value is -5.72. The minimum atomic E-state index is 0.959. The van der Waals surface area contributed by atoms with Crippen LogP contribution in [0.2, 0.25) is 0 Å². The van der Waals surface area contributed by atoms with Crippen molar-refractivity contribution in [2.45, 2.75) is 0 Å². The van der Waals surface area contributed by atoms with E-state index in [2.05, 4.69) is 177 Å². The largest absolute Gasteiger partial charge is 0.135 e. The van der Waals surface area contributed by atoms with E-state index in [0.717, 1.165) is 42.0 Å². The van der Waals surface area contributed by atoms with Crippen LogP contribution in [0.15, 0.2) is 191 Å². The van der Waals surface area contributed by atoms with Crippen LogP contribution >= 0.6 is 54.5 Å². The third kappa shape index (κ3) is 7.98. The zero-order chi connectivity index (χ0) is 37.8. The van der Waals surface area contributed by atoms with Gasteiger partial charge >= 0.3 is 0 Å². The Morgan fingerprint density at radius 2 is 0.679 bits per heavy atom. The van der Waals surface area contributed by atoms with Gasteiger partial charge in [0.25, 0.3) is 0 Å². The number of hydrogen-bond donors (Lipinski definition) is 0. The van der Waals surface area contributed by atoms with E-state index in [1.54, 1.807) is 0 Å². The Morgan fingerprint density at radius 1 is 0.321 bits per heavy atom. The van der Waals surface area contributed by atoms with Crippen LogP contribution in [-0.2, 0) is 0 Å². The van der Waals surface area contributed by atoms with Crippen molar-refractivity contribution in [1.29, 1.82) is 0 Å². The van der Waals surface area contributed by atoms with Crippen LogP contribution < -0.4 is 0 Å². The summed E-state index contributed by atoms with van der Waals surface area (Å²) < 4.78 is 4.67. The van der Waals surface area contributed by atoms with Gasteiger partial charge in [0.2, 0.25) is 0 Å². The first-order chi connectivity index (χ1) is 27.5. The Labute approximate surface area is 351 Å². The van der Waals surface area contributed by atoms with Crippen LogP contribution in [-0.4, -0.2) is 0 Å². The summed E-state index contributed by atoms with van der Waals surface area (Å²) in [4.78, 5) is 2.66. The molecular weight excluding hydrogens is 849 g/mol. The van der Waals surface area contributed by atoms with Gasteiger partial charge in [-0.05, 0) is 160 Å². The fourth-order valence-corrected chi connectivity index (χ4v) is 9.74. The van der Waals surface area contributed by atoms with E-state index in [1.807, 2.05) is 83.3 Å². The van der Waals surface area contributed by atoms with E-state index < -0.39 is 0 Å². The van der Waals surface area contributed by atoms with Crippen molar-refractivity contribution in [1.82, 2.24) is 0 Å². The van der Waals surface area contributed by atoms with Crippen LogP contribution in [0.25, 0.3) is 62.6 Å². The van der Waals surface area contributed by atoms with Gasteiger partial charge in [-0.15, -0.1) is 22.7 Å². The molecule has 0 aliphatic heterocycles. The Morgan fingerprint density at radius 3 is 1.11 bits per heavy atom. The second-order valence-corrected chi connectivity index (χ2v) is 17.2. The summed E-state index contributed by atoms with van der Waals surface area (Å²) in [7, 11) is 0. The van der Waals surface area contributed by atoms with Crippen molar-refractivity contribution in [3.63, 3.8) is 0 Å². The van der Waals surface area contributed by atoms with Crippen molar-refractivity contribution in [3.05, 3.63) is 213 Å². The van der Waals surface area contributed by atoms with Gasteiger partial charge in [0, 0.05) is 50.4 Å². The summed E-state index contributed by atoms with van der Waals surface area (Å²) in [5, 5.41) is 7.54. The predicted molar refractivity (Wildman–Crippen MR) is 250 cm³/mol. The van der Waals surface area contributed by atoms with Crippen LogP contribution in [0.1, 0.15) is 22.3 Å². The second-order valence-electron chi connectivity index (χ2n) is 13.3. The summed E-state index contributed by atoms with van der Waals surface area (Å²) >= 11 is 11.1. The van der Waals surface area contributed by atoms with Gasteiger partial charge in [0.15, 0.2) is 0 Å². The average Bonchev–Trinajstić information content (AvgIpc) is 3.86. The third-order valence-corrected chi connectivity index (χ3v) is 13.1. The van der Waals surface area contributed by atoms with Crippen molar-refractivity contribution in [2.24, 2.45) is 0 Å². The highest BCUT2D eigenvalue weighted by molar-refractivity contribution is 9.10. The van der Waals surface area contributed by atoms with Crippen LogP contribution in [0.5, 0.6) is 0 Å². The molecule has 0 radical (unpaired) electrons. The number of rotatable bonds is 2. The second kappa shape index (κ2) is 16.2. The molecule has 0 N–H and O–H groups in total. The molecule has 0 fully saturated rings. The fourth-order valence-electron chi connectivity index (χ4n) is 6.62. The molecule has 0 aliphatic rings. The molecule has 0 nitrogen and oxygen atoms in total. The van der Waals surface area contributed by atoms with Gasteiger partial charge in [0.1, 0.15) is 0 Å². The lowest BCUT2D eigenvalue weighted by atomic mass is 10.0. The Balaban J connectivity index is 0.000000146. The number of benzene rings is 8. The summed E-state index contributed by atoms with van der Waals surface area (Å²) in [5.41, 5.74) is 6.50. The SMILES string of the molecule is Brc1cc2cc(Br)c(C#Cc3ccccc3)cc2cc1C#Cc1ccccc1.c1ccc(-c2cc3cc4cc5cc(-c6ccccc6)sc5cc4cc3s2)cc1. The van der Waals surface area contributed by atoms with E-state index in [0.29, 0.717) is 0 Å². The van der Waals surface area contributed by atoms with Gasteiger partial charge in [-0.1, -0.05) is 121 Å². The molecule has 10 aromatic rings. The van der Waals surface area contributed by atoms with Crippen LogP contribution in [0.4, 0.5) is 0 Å². The monoisotopic (exact) mass is 876 g/mol. The molecule has 2 heterocycles. The van der Waals surface area contributed by atoms with E-state index in [-0.39, 0.29) is 0 Å². The van der Waals surface area contributed by atoms with Gasteiger partial charge in [-0.2, -0.15) is 0 Å². The number of halogens is 2. The standard InChI is InChI=1S/C26H14Br2.C26H16S2/c27-25-17-24-18-26(28)22(14-12-20-9-5-2-6-10-20)16-23(24)15-21(25)13-11-19-7-3-1-4-8-19;1-3-7-17(8-4-1)23-15-21-11-19-12-22-16-24(18-9-5-2-6-10-18)28-26(22)14-20(19)13-25(21)27-23/h1-10,15-18H;1-16H. The molecule has 8 aromatic carbocycles. The first-order valence-corrected chi connectivity index (χ1v) is 21.3. The smallest absolute Gasteiger partial charge is 0.0397 e. The van der Waals surface area contributed by atoms with Crippen molar-refractivity contribution < 1.29 is 0 Å².